The summed E-state index contributed by atoms with van der Waals surface area (Å²) < 4.78 is 25.1. The van der Waals surface area contributed by atoms with Gasteiger partial charge in [-0.05, 0) is 5.56 Å². The number of nitrogens with zero attached hydrogens (tertiary/aromatic N) is 2. The Balaban J connectivity index is 3.34. The largest absolute Gasteiger partial charge is 0.383 e. The second-order valence-electron chi connectivity index (χ2n) is 2.83. The van der Waals surface area contributed by atoms with E-state index in [0.29, 0.717) is 5.56 Å². The van der Waals surface area contributed by atoms with Crippen molar-refractivity contribution in [2.45, 2.75) is 18.7 Å². The first kappa shape index (κ1) is 11.7. The monoisotopic (exact) mass is 231 g/mol. The predicted molar refractivity (Wildman–Crippen MR) is 52.5 cm³/mol. The van der Waals surface area contributed by atoms with Crippen LogP contribution in [0.1, 0.15) is 23.1 Å². The molecule has 0 atom stereocenters. The van der Waals surface area contributed by atoms with E-state index in [2.05, 4.69) is 4.98 Å². The maximum Gasteiger partial charge on any atom is 0.265 e. The quantitative estimate of drug-likeness (QED) is 0.813. The number of alkyl halides is 3. The molecule has 0 fully saturated rings. The molecule has 0 amide bonds. The maximum absolute atomic E-state index is 12.5. The Morgan fingerprint density at radius 1 is 1.53 bits per heavy atom. The van der Waals surface area contributed by atoms with Crippen molar-refractivity contribution in [1.29, 1.82) is 5.26 Å². The van der Waals surface area contributed by atoms with Crippen molar-refractivity contribution in [3.63, 3.8) is 0 Å². The van der Waals surface area contributed by atoms with Crippen LogP contribution in [0.4, 0.5) is 14.6 Å². The molecule has 0 radical (unpaired) electrons. The van der Waals surface area contributed by atoms with Crippen molar-refractivity contribution < 1.29 is 8.78 Å². The van der Waals surface area contributed by atoms with Crippen LogP contribution in [0.3, 0.4) is 0 Å². The van der Waals surface area contributed by atoms with Crippen LogP contribution < -0.4 is 5.73 Å². The number of rotatable bonds is 3. The average Bonchev–Trinajstić information content (AvgIpc) is 2.20. The Hall–Kier alpha value is -1.41. The number of nitrogen functional groups attached to an aromatic ring is 1. The molecule has 2 N–H and O–H groups in total. The molecule has 1 heterocycles. The van der Waals surface area contributed by atoms with Crippen LogP contribution in [0.2, 0.25) is 0 Å². The van der Waals surface area contributed by atoms with E-state index in [4.69, 9.17) is 22.6 Å². The molecule has 0 aliphatic carbocycles. The van der Waals surface area contributed by atoms with E-state index < -0.39 is 6.43 Å². The lowest BCUT2D eigenvalue weighted by molar-refractivity contribution is 0.150. The van der Waals surface area contributed by atoms with Gasteiger partial charge in [-0.25, -0.2) is 13.8 Å². The SMILES string of the molecule is N#CCc1c(N)ncc(C(F)F)c1CCl. The van der Waals surface area contributed by atoms with Gasteiger partial charge >= 0.3 is 0 Å². The second kappa shape index (κ2) is 4.89. The number of hydrogen-bond donors (Lipinski definition) is 1. The number of nitrogens with two attached hydrogens (primary N) is 1. The number of halogens is 3. The molecule has 0 saturated heterocycles. The summed E-state index contributed by atoms with van der Waals surface area (Å²) in [6.07, 6.45) is -1.73. The molecule has 15 heavy (non-hydrogen) atoms. The number of nitriles is 1. The van der Waals surface area contributed by atoms with Gasteiger partial charge in [0.15, 0.2) is 0 Å². The molecular formula is C9H8ClF2N3. The Morgan fingerprint density at radius 2 is 2.20 bits per heavy atom. The maximum atomic E-state index is 12.5. The third-order valence-electron chi connectivity index (χ3n) is 1.99. The van der Waals surface area contributed by atoms with E-state index in [1.165, 1.54) is 0 Å². The molecule has 6 heteroatoms. The highest BCUT2D eigenvalue weighted by molar-refractivity contribution is 6.17. The van der Waals surface area contributed by atoms with Gasteiger partial charge in [0.1, 0.15) is 5.82 Å². The van der Waals surface area contributed by atoms with Gasteiger partial charge in [-0.1, -0.05) is 0 Å². The fourth-order valence-electron chi connectivity index (χ4n) is 1.25. The van der Waals surface area contributed by atoms with E-state index >= 15 is 0 Å². The van der Waals surface area contributed by atoms with E-state index in [-0.39, 0.29) is 29.2 Å². The van der Waals surface area contributed by atoms with Gasteiger partial charge in [0.05, 0.1) is 12.5 Å². The summed E-state index contributed by atoms with van der Waals surface area (Å²) in [6.45, 7) is 0. The zero-order chi connectivity index (χ0) is 11.4. The number of anilines is 1. The summed E-state index contributed by atoms with van der Waals surface area (Å²) in [7, 11) is 0. The zero-order valence-corrected chi connectivity index (χ0v) is 8.43. The topological polar surface area (TPSA) is 62.7 Å². The number of aromatic nitrogens is 1. The lowest BCUT2D eigenvalue weighted by atomic mass is 10.0. The highest BCUT2D eigenvalue weighted by Gasteiger charge is 2.18. The van der Waals surface area contributed by atoms with Gasteiger partial charge < -0.3 is 5.73 Å². The van der Waals surface area contributed by atoms with Crippen molar-refractivity contribution in [3.05, 3.63) is 22.9 Å². The minimum absolute atomic E-state index is 0.0680. The van der Waals surface area contributed by atoms with Crippen LogP contribution in [0.15, 0.2) is 6.20 Å². The molecule has 3 nitrogen and oxygen atoms in total. The van der Waals surface area contributed by atoms with Gasteiger partial charge in [-0.3, -0.25) is 0 Å². The molecule has 0 saturated carbocycles. The van der Waals surface area contributed by atoms with Crippen molar-refractivity contribution >= 4 is 17.4 Å². The van der Waals surface area contributed by atoms with Gasteiger partial charge in [-0.2, -0.15) is 5.26 Å². The van der Waals surface area contributed by atoms with Crippen LogP contribution in [0.5, 0.6) is 0 Å². The molecule has 0 unspecified atom stereocenters. The Labute approximate surface area is 90.5 Å². The summed E-state index contributed by atoms with van der Waals surface area (Å²) in [5.74, 6) is -0.0275. The van der Waals surface area contributed by atoms with Crippen LogP contribution >= 0.6 is 11.6 Å². The smallest absolute Gasteiger partial charge is 0.265 e. The second-order valence-corrected chi connectivity index (χ2v) is 3.09. The lowest BCUT2D eigenvalue weighted by Crippen LogP contribution is -2.05. The van der Waals surface area contributed by atoms with E-state index in [1.54, 1.807) is 0 Å². The molecule has 0 spiro atoms. The lowest BCUT2D eigenvalue weighted by Gasteiger charge is -2.11. The third kappa shape index (κ3) is 2.34. The van der Waals surface area contributed by atoms with Crippen LogP contribution in [-0.2, 0) is 12.3 Å². The van der Waals surface area contributed by atoms with Crippen molar-refractivity contribution in [2.24, 2.45) is 0 Å². The minimum Gasteiger partial charge on any atom is -0.383 e. The van der Waals surface area contributed by atoms with Crippen LogP contribution in [0, 0.1) is 11.3 Å². The fraction of sp³-hybridized carbons (Fsp3) is 0.333. The van der Waals surface area contributed by atoms with E-state index in [9.17, 15) is 8.78 Å². The summed E-state index contributed by atoms with van der Waals surface area (Å²) in [4.78, 5) is 3.62. The third-order valence-corrected chi connectivity index (χ3v) is 2.26. The van der Waals surface area contributed by atoms with Gasteiger partial charge in [0.2, 0.25) is 0 Å². The predicted octanol–water partition coefficient (Wildman–Crippen LogP) is 2.41. The Bertz CT molecular complexity index is 401. The Morgan fingerprint density at radius 3 is 2.67 bits per heavy atom. The van der Waals surface area contributed by atoms with Crippen LogP contribution in [0.25, 0.3) is 0 Å². The van der Waals surface area contributed by atoms with Gasteiger partial charge in [-0.15, -0.1) is 11.6 Å². The Kier molecular flexibility index (Phi) is 3.81. The number of hydrogen-bond acceptors (Lipinski definition) is 3. The first-order chi connectivity index (χ1) is 7.11. The fourth-order valence-corrected chi connectivity index (χ4v) is 1.56. The van der Waals surface area contributed by atoms with Crippen molar-refractivity contribution in [1.82, 2.24) is 4.98 Å². The number of pyridine rings is 1. The minimum atomic E-state index is -2.66. The van der Waals surface area contributed by atoms with Crippen molar-refractivity contribution in [2.75, 3.05) is 5.73 Å². The molecule has 80 valence electrons. The molecule has 0 aromatic carbocycles. The van der Waals surface area contributed by atoms with Crippen molar-refractivity contribution in [3.8, 4) is 6.07 Å². The first-order valence-electron chi connectivity index (χ1n) is 4.09. The standard InChI is InChI=1S/C9H8ClF2N3/c10-3-6-5(1-2-13)9(14)15-4-7(6)8(11)12/h4,8H,1,3H2,(H2,14,15). The van der Waals surface area contributed by atoms with E-state index in [0.717, 1.165) is 6.20 Å². The summed E-state index contributed by atoms with van der Waals surface area (Å²) >= 11 is 5.56. The molecular weight excluding hydrogens is 224 g/mol. The summed E-state index contributed by atoms with van der Waals surface area (Å²) in [5.41, 5.74) is 5.73. The molecule has 0 aliphatic heterocycles. The summed E-state index contributed by atoms with van der Waals surface area (Å²) in [6, 6.07) is 1.84. The first-order valence-corrected chi connectivity index (χ1v) is 4.62. The molecule has 1 rings (SSSR count). The van der Waals surface area contributed by atoms with Gasteiger partial charge in [0, 0.05) is 23.2 Å². The molecule has 0 aliphatic rings. The average molecular weight is 232 g/mol. The van der Waals surface area contributed by atoms with Gasteiger partial charge in [0.25, 0.3) is 6.43 Å². The molecule has 0 bridgehead atoms. The highest BCUT2D eigenvalue weighted by Crippen LogP contribution is 2.28. The van der Waals surface area contributed by atoms with E-state index in [1.807, 2.05) is 6.07 Å². The highest BCUT2D eigenvalue weighted by atomic mass is 35.5. The van der Waals surface area contributed by atoms with Crippen LogP contribution in [-0.4, -0.2) is 4.98 Å². The molecule has 1 aromatic rings. The molecule has 1 aromatic heterocycles. The summed E-state index contributed by atoms with van der Waals surface area (Å²) in [5, 5.41) is 8.53. The normalized spacial score (nSPS) is 10.3. The zero-order valence-electron chi connectivity index (χ0n) is 7.67.